The van der Waals surface area contributed by atoms with Crippen LogP contribution in [-0.4, -0.2) is 16.7 Å². The summed E-state index contributed by atoms with van der Waals surface area (Å²) in [6, 6.07) is 11.6. The lowest BCUT2D eigenvalue weighted by atomic mass is 10.1. The summed E-state index contributed by atoms with van der Waals surface area (Å²) in [7, 11) is 0. The largest absolute Gasteiger partial charge is 0.348 e. The zero-order valence-corrected chi connectivity index (χ0v) is 13.3. The molecule has 2 amide bonds. The molecule has 0 aliphatic rings. The van der Waals surface area contributed by atoms with E-state index in [4.69, 9.17) is 0 Å². The summed E-state index contributed by atoms with van der Waals surface area (Å²) in [5.41, 5.74) is 1.76. The number of aryl methyl sites for hydroxylation is 1. The molecule has 0 fully saturated rings. The maximum atomic E-state index is 12.2. The van der Waals surface area contributed by atoms with E-state index in [1.165, 1.54) is 13.0 Å². The molecule has 0 radical (unpaired) electrons. The molecule has 2 aromatic carbocycles. The molecule has 0 heterocycles. The van der Waals surface area contributed by atoms with Crippen LogP contribution in [0.1, 0.15) is 28.4 Å². The highest BCUT2D eigenvalue weighted by atomic mass is 16.6. The van der Waals surface area contributed by atoms with Crippen molar-refractivity contribution in [3.8, 4) is 0 Å². The molecule has 24 heavy (non-hydrogen) atoms. The third-order valence-corrected chi connectivity index (χ3v) is 3.39. The molecular formula is C17H17N3O4. The number of nitro benzene ring substituents is 1. The van der Waals surface area contributed by atoms with Crippen LogP contribution in [0.5, 0.6) is 0 Å². The first-order valence-electron chi connectivity index (χ1n) is 7.27. The fourth-order valence-electron chi connectivity index (χ4n) is 2.27. The average Bonchev–Trinajstić information content (AvgIpc) is 2.52. The Balaban J connectivity index is 2.07. The third kappa shape index (κ3) is 4.16. The number of nitrogens with one attached hydrogen (secondary N) is 2. The predicted octanol–water partition coefficient (Wildman–Crippen LogP) is 2.79. The van der Waals surface area contributed by atoms with Crippen molar-refractivity contribution in [1.82, 2.24) is 5.32 Å². The molecule has 0 aliphatic carbocycles. The Hall–Kier alpha value is -3.22. The molecule has 0 unspecified atom stereocenters. The predicted molar refractivity (Wildman–Crippen MR) is 89.7 cm³/mol. The normalized spacial score (nSPS) is 10.1. The molecule has 0 spiro atoms. The Morgan fingerprint density at radius 2 is 1.79 bits per heavy atom. The number of hydrogen-bond acceptors (Lipinski definition) is 4. The lowest BCUT2D eigenvalue weighted by Gasteiger charge is -2.08. The van der Waals surface area contributed by atoms with Crippen molar-refractivity contribution in [2.24, 2.45) is 0 Å². The maximum Gasteiger partial charge on any atom is 0.285 e. The SMILES string of the molecule is CC(=O)Nc1ccc(CNC(=O)c2cccc(C)c2[N+](=O)[O-])cc1. The van der Waals surface area contributed by atoms with Crippen LogP contribution < -0.4 is 10.6 Å². The van der Waals surface area contributed by atoms with E-state index in [1.54, 1.807) is 43.3 Å². The van der Waals surface area contributed by atoms with Gasteiger partial charge in [0.1, 0.15) is 5.56 Å². The number of benzene rings is 2. The number of carbonyl (C=O) groups is 2. The molecule has 2 N–H and O–H groups in total. The van der Waals surface area contributed by atoms with E-state index in [9.17, 15) is 19.7 Å². The van der Waals surface area contributed by atoms with Gasteiger partial charge in [0.05, 0.1) is 4.92 Å². The fraction of sp³-hybridized carbons (Fsp3) is 0.176. The summed E-state index contributed by atoms with van der Waals surface area (Å²) in [6.45, 7) is 3.24. The lowest BCUT2D eigenvalue weighted by molar-refractivity contribution is -0.385. The highest BCUT2D eigenvalue weighted by Crippen LogP contribution is 2.23. The zero-order valence-electron chi connectivity index (χ0n) is 13.3. The van der Waals surface area contributed by atoms with Gasteiger partial charge >= 0.3 is 0 Å². The summed E-state index contributed by atoms with van der Waals surface area (Å²) in [6.07, 6.45) is 0. The van der Waals surface area contributed by atoms with E-state index in [2.05, 4.69) is 10.6 Å². The van der Waals surface area contributed by atoms with Gasteiger partial charge in [-0.1, -0.05) is 24.3 Å². The summed E-state index contributed by atoms with van der Waals surface area (Å²) < 4.78 is 0. The van der Waals surface area contributed by atoms with Crippen LogP contribution in [0.4, 0.5) is 11.4 Å². The van der Waals surface area contributed by atoms with Gasteiger partial charge in [0.2, 0.25) is 5.91 Å². The van der Waals surface area contributed by atoms with E-state index in [-0.39, 0.29) is 23.7 Å². The van der Waals surface area contributed by atoms with Gasteiger partial charge in [-0.05, 0) is 30.7 Å². The minimum absolute atomic E-state index is 0.0369. The number of anilines is 1. The van der Waals surface area contributed by atoms with Crippen molar-refractivity contribution < 1.29 is 14.5 Å². The minimum Gasteiger partial charge on any atom is -0.348 e. The number of amides is 2. The molecule has 7 nitrogen and oxygen atoms in total. The van der Waals surface area contributed by atoms with Gasteiger partial charge in [-0.2, -0.15) is 0 Å². The minimum atomic E-state index is -0.549. The van der Waals surface area contributed by atoms with Crippen LogP contribution in [0.25, 0.3) is 0 Å². The monoisotopic (exact) mass is 327 g/mol. The molecule has 0 bridgehead atoms. The third-order valence-electron chi connectivity index (χ3n) is 3.39. The van der Waals surface area contributed by atoms with Crippen molar-refractivity contribution in [3.05, 3.63) is 69.3 Å². The summed E-state index contributed by atoms with van der Waals surface area (Å²) in [4.78, 5) is 33.8. The number of rotatable bonds is 5. The van der Waals surface area contributed by atoms with Gasteiger partial charge in [0, 0.05) is 24.7 Å². The van der Waals surface area contributed by atoms with E-state index in [0.29, 0.717) is 11.3 Å². The second-order valence-electron chi connectivity index (χ2n) is 5.29. The van der Waals surface area contributed by atoms with Gasteiger partial charge in [-0.15, -0.1) is 0 Å². The second-order valence-corrected chi connectivity index (χ2v) is 5.29. The van der Waals surface area contributed by atoms with Crippen LogP contribution in [0.2, 0.25) is 0 Å². The Kier molecular flexibility index (Phi) is 5.26. The van der Waals surface area contributed by atoms with Gasteiger partial charge in [0.15, 0.2) is 0 Å². The molecule has 0 saturated heterocycles. The van der Waals surface area contributed by atoms with Gasteiger partial charge < -0.3 is 10.6 Å². The summed E-state index contributed by atoms with van der Waals surface area (Å²) >= 11 is 0. The van der Waals surface area contributed by atoms with Crippen LogP contribution in [0.3, 0.4) is 0 Å². The van der Waals surface area contributed by atoms with Crippen LogP contribution in [-0.2, 0) is 11.3 Å². The van der Waals surface area contributed by atoms with E-state index >= 15 is 0 Å². The van der Waals surface area contributed by atoms with Gasteiger partial charge in [0.25, 0.3) is 11.6 Å². The summed E-state index contributed by atoms with van der Waals surface area (Å²) in [5, 5.41) is 16.5. The van der Waals surface area contributed by atoms with Crippen molar-refractivity contribution in [1.29, 1.82) is 0 Å². The fourth-order valence-corrected chi connectivity index (χ4v) is 2.27. The number of nitro groups is 1. The van der Waals surface area contributed by atoms with Crippen molar-refractivity contribution in [2.75, 3.05) is 5.32 Å². The Labute approximate surface area is 138 Å². The number of hydrogen-bond donors (Lipinski definition) is 2. The van der Waals surface area contributed by atoms with Crippen molar-refractivity contribution in [3.63, 3.8) is 0 Å². The van der Waals surface area contributed by atoms with E-state index < -0.39 is 10.8 Å². The van der Waals surface area contributed by atoms with Crippen LogP contribution in [0, 0.1) is 17.0 Å². The van der Waals surface area contributed by atoms with Crippen LogP contribution >= 0.6 is 0 Å². The standard InChI is InChI=1S/C17H17N3O4/c1-11-4-3-5-15(16(11)20(23)24)17(22)18-10-13-6-8-14(9-7-13)19-12(2)21/h3-9H,10H2,1-2H3,(H,18,22)(H,19,21). The van der Waals surface area contributed by atoms with Crippen molar-refractivity contribution in [2.45, 2.75) is 20.4 Å². The number of carbonyl (C=O) groups excluding carboxylic acids is 2. The topological polar surface area (TPSA) is 101 Å². The van der Waals surface area contributed by atoms with Gasteiger partial charge in [-0.3, -0.25) is 19.7 Å². The lowest BCUT2D eigenvalue weighted by Crippen LogP contribution is -2.24. The Bertz CT molecular complexity index is 785. The molecule has 7 heteroatoms. The molecule has 0 atom stereocenters. The number of para-hydroxylation sites is 1. The van der Waals surface area contributed by atoms with Gasteiger partial charge in [-0.25, -0.2) is 0 Å². The molecular weight excluding hydrogens is 310 g/mol. The maximum absolute atomic E-state index is 12.2. The smallest absolute Gasteiger partial charge is 0.285 e. The zero-order chi connectivity index (χ0) is 17.7. The van der Waals surface area contributed by atoms with E-state index in [0.717, 1.165) is 5.56 Å². The molecule has 2 rings (SSSR count). The molecule has 2 aromatic rings. The average molecular weight is 327 g/mol. The molecule has 0 saturated carbocycles. The quantitative estimate of drug-likeness (QED) is 0.651. The Morgan fingerprint density at radius 3 is 2.38 bits per heavy atom. The molecule has 0 aliphatic heterocycles. The first kappa shape index (κ1) is 17.1. The number of nitrogens with zero attached hydrogens (tertiary/aromatic N) is 1. The summed E-state index contributed by atoms with van der Waals surface area (Å²) in [5.74, 6) is -0.667. The van der Waals surface area contributed by atoms with Crippen LogP contribution in [0.15, 0.2) is 42.5 Å². The Morgan fingerprint density at radius 1 is 1.12 bits per heavy atom. The van der Waals surface area contributed by atoms with Crippen molar-refractivity contribution >= 4 is 23.2 Å². The first-order valence-corrected chi connectivity index (χ1v) is 7.27. The molecule has 124 valence electrons. The second kappa shape index (κ2) is 7.36. The highest BCUT2D eigenvalue weighted by Gasteiger charge is 2.21. The molecule has 0 aromatic heterocycles. The first-order chi connectivity index (χ1) is 11.4. The highest BCUT2D eigenvalue weighted by molar-refractivity contribution is 5.98. The van der Waals surface area contributed by atoms with E-state index in [1.807, 2.05) is 0 Å².